The highest BCUT2D eigenvalue weighted by atomic mass is 35.5. The van der Waals surface area contributed by atoms with Crippen LogP contribution < -0.4 is 5.32 Å². The van der Waals surface area contributed by atoms with Gasteiger partial charge in [-0.25, -0.2) is 4.98 Å². The first-order chi connectivity index (χ1) is 10.2. The molecule has 3 aromatic rings. The van der Waals surface area contributed by atoms with Crippen LogP contribution in [0.5, 0.6) is 0 Å². The molecule has 0 saturated heterocycles. The molecular weight excluding hydrogens is 284 g/mol. The summed E-state index contributed by atoms with van der Waals surface area (Å²) < 4.78 is 5.32. The minimum atomic E-state index is 0.161. The van der Waals surface area contributed by atoms with Crippen molar-refractivity contribution < 1.29 is 4.42 Å². The van der Waals surface area contributed by atoms with Gasteiger partial charge in [-0.2, -0.15) is 0 Å². The maximum atomic E-state index is 6.04. The van der Waals surface area contributed by atoms with E-state index in [0.717, 1.165) is 27.6 Å². The van der Waals surface area contributed by atoms with Crippen molar-refractivity contribution in [1.82, 2.24) is 4.98 Å². The van der Waals surface area contributed by atoms with Gasteiger partial charge in [0.25, 0.3) is 0 Å². The Balaban J connectivity index is 1.80. The van der Waals surface area contributed by atoms with Gasteiger partial charge >= 0.3 is 0 Å². The molecule has 0 amide bonds. The summed E-state index contributed by atoms with van der Waals surface area (Å²) in [5.41, 5.74) is 3.17. The molecule has 0 aliphatic rings. The second kappa shape index (κ2) is 6.02. The maximum absolute atomic E-state index is 6.04. The van der Waals surface area contributed by atoms with Crippen LogP contribution in [-0.2, 0) is 0 Å². The van der Waals surface area contributed by atoms with Gasteiger partial charge in [-0.3, -0.25) is 0 Å². The second-order valence-electron chi connectivity index (χ2n) is 4.87. The van der Waals surface area contributed by atoms with Gasteiger partial charge in [0.15, 0.2) is 12.2 Å². The van der Waals surface area contributed by atoms with Crippen LogP contribution >= 0.6 is 11.6 Å². The molecule has 1 unspecified atom stereocenters. The number of halogens is 1. The third-order valence-electron chi connectivity index (χ3n) is 3.31. The van der Waals surface area contributed by atoms with E-state index >= 15 is 0 Å². The van der Waals surface area contributed by atoms with Crippen molar-refractivity contribution in [2.45, 2.75) is 13.0 Å². The van der Waals surface area contributed by atoms with Gasteiger partial charge in [-0.1, -0.05) is 35.9 Å². The molecule has 0 fully saturated rings. The predicted molar refractivity (Wildman–Crippen MR) is 85.4 cm³/mol. The monoisotopic (exact) mass is 298 g/mol. The average molecular weight is 299 g/mol. The predicted octanol–water partition coefficient (Wildman–Crippen LogP) is 5.17. The highest BCUT2D eigenvalue weighted by Crippen LogP contribution is 2.26. The molecule has 21 heavy (non-hydrogen) atoms. The zero-order chi connectivity index (χ0) is 14.7. The maximum Gasteiger partial charge on any atom is 0.181 e. The van der Waals surface area contributed by atoms with E-state index in [4.69, 9.17) is 16.0 Å². The standard InChI is InChI=1S/C17H15ClN2O/c1-12(13-4-2-6-15(18)8-13)20-16-7-3-5-14(9-16)17-10-19-11-21-17/h2-12,20H,1H3. The van der Waals surface area contributed by atoms with E-state index in [1.807, 2.05) is 42.5 Å². The fourth-order valence-corrected chi connectivity index (χ4v) is 2.43. The van der Waals surface area contributed by atoms with Crippen LogP contribution in [0.1, 0.15) is 18.5 Å². The molecule has 2 aromatic carbocycles. The molecule has 3 rings (SSSR count). The molecule has 0 aliphatic carbocycles. The Morgan fingerprint density at radius 1 is 1.14 bits per heavy atom. The summed E-state index contributed by atoms with van der Waals surface area (Å²) in [5, 5.41) is 4.21. The highest BCUT2D eigenvalue weighted by Gasteiger charge is 2.07. The number of rotatable bonds is 4. The summed E-state index contributed by atoms with van der Waals surface area (Å²) in [4.78, 5) is 3.94. The smallest absolute Gasteiger partial charge is 0.181 e. The van der Waals surface area contributed by atoms with E-state index in [1.165, 1.54) is 6.39 Å². The van der Waals surface area contributed by atoms with Crippen molar-refractivity contribution >= 4 is 17.3 Å². The van der Waals surface area contributed by atoms with Gasteiger partial charge in [0.05, 0.1) is 6.20 Å². The fourth-order valence-electron chi connectivity index (χ4n) is 2.23. The van der Waals surface area contributed by atoms with E-state index in [-0.39, 0.29) is 6.04 Å². The summed E-state index contributed by atoms with van der Waals surface area (Å²) in [7, 11) is 0. The quantitative estimate of drug-likeness (QED) is 0.722. The van der Waals surface area contributed by atoms with Gasteiger partial charge in [0.1, 0.15) is 0 Å². The van der Waals surface area contributed by atoms with Gasteiger partial charge in [0.2, 0.25) is 0 Å². The fraction of sp³-hybridized carbons (Fsp3) is 0.118. The summed E-state index contributed by atoms with van der Waals surface area (Å²) >= 11 is 6.04. The number of hydrogen-bond acceptors (Lipinski definition) is 3. The van der Waals surface area contributed by atoms with E-state index in [0.29, 0.717) is 0 Å². The van der Waals surface area contributed by atoms with Gasteiger partial charge in [-0.05, 0) is 36.8 Å². The van der Waals surface area contributed by atoms with Gasteiger partial charge < -0.3 is 9.73 Å². The first-order valence-corrected chi connectivity index (χ1v) is 7.11. The van der Waals surface area contributed by atoms with Crippen molar-refractivity contribution in [2.75, 3.05) is 5.32 Å². The molecule has 0 radical (unpaired) electrons. The number of aromatic nitrogens is 1. The van der Waals surface area contributed by atoms with E-state index in [1.54, 1.807) is 6.20 Å². The summed E-state index contributed by atoms with van der Waals surface area (Å²) in [6.07, 6.45) is 3.14. The first-order valence-electron chi connectivity index (χ1n) is 6.73. The molecular formula is C17H15ClN2O. The molecule has 1 aromatic heterocycles. The Bertz CT molecular complexity index is 725. The van der Waals surface area contributed by atoms with Crippen molar-refractivity contribution in [3.8, 4) is 11.3 Å². The van der Waals surface area contributed by atoms with Crippen molar-refractivity contribution in [1.29, 1.82) is 0 Å². The highest BCUT2D eigenvalue weighted by molar-refractivity contribution is 6.30. The Morgan fingerprint density at radius 2 is 2.00 bits per heavy atom. The summed E-state index contributed by atoms with van der Waals surface area (Å²) in [5.74, 6) is 0.758. The SMILES string of the molecule is CC(Nc1cccc(-c2cnco2)c1)c1cccc(Cl)c1. The number of oxazole rings is 1. The largest absolute Gasteiger partial charge is 0.444 e. The van der Waals surface area contributed by atoms with Crippen molar-refractivity contribution in [3.63, 3.8) is 0 Å². The van der Waals surface area contributed by atoms with Gasteiger partial charge in [0, 0.05) is 22.3 Å². The van der Waals surface area contributed by atoms with Crippen LogP contribution in [0.15, 0.2) is 65.5 Å². The minimum absolute atomic E-state index is 0.161. The molecule has 1 heterocycles. The molecule has 0 spiro atoms. The van der Waals surface area contributed by atoms with Crippen LogP contribution in [0.4, 0.5) is 5.69 Å². The van der Waals surface area contributed by atoms with Crippen LogP contribution in [0.2, 0.25) is 5.02 Å². The molecule has 1 N–H and O–H groups in total. The molecule has 0 aliphatic heterocycles. The van der Waals surface area contributed by atoms with Crippen molar-refractivity contribution in [3.05, 3.63) is 71.7 Å². The topological polar surface area (TPSA) is 38.1 Å². The Kier molecular flexibility index (Phi) is 3.93. The minimum Gasteiger partial charge on any atom is -0.444 e. The number of benzene rings is 2. The number of nitrogens with zero attached hydrogens (tertiary/aromatic N) is 1. The lowest BCUT2D eigenvalue weighted by Gasteiger charge is -2.16. The normalized spacial score (nSPS) is 12.1. The third-order valence-corrected chi connectivity index (χ3v) is 3.55. The van der Waals surface area contributed by atoms with Crippen LogP contribution in [-0.4, -0.2) is 4.98 Å². The first kappa shape index (κ1) is 13.7. The molecule has 0 bridgehead atoms. The average Bonchev–Trinajstić information content (AvgIpc) is 3.02. The van der Waals surface area contributed by atoms with E-state index < -0.39 is 0 Å². The second-order valence-corrected chi connectivity index (χ2v) is 5.30. The third kappa shape index (κ3) is 3.26. The lowest BCUT2D eigenvalue weighted by atomic mass is 10.1. The zero-order valence-corrected chi connectivity index (χ0v) is 12.3. The molecule has 1 atom stereocenters. The van der Waals surface area contributed by atoms with E-state index in [9.17, 15) is 0 Å². The van der Waals surface area contributed by atoms with Crippen LogP contribution in [0, 0.1) is 0 Å². The molecule has 106 valence electrons. The summed E-state index contributed by atoms with van der Waals surface area (Å²) in [6.45, 7) is 2.10. The zero-order valence-electron chi connectivity index (χ0n) is 11.6. The molecule has 4 heteroatoms. The van der Waals surface area contributed by atoms with Crippen molar-refractivity contribution in [2.24, 2.45) is 0 Å². The number of hydrogen-bond donors (Lipinski definition) is 1. The number of nitrogens with one attached hydrogen (secondary N) is 1. The number of anilines is 1. The van der Waals surface area contributed by atoms with Crippen LogP contribution in [0.25, 0.3) is 11.3 Å². The lowest BCUT2D eigenvalue weighted by molar-refractivity contribution is 0.572. The Morgan fingerprint density at radius 3 is 2.76 bits per heavy atom. The van der Waals surface area contributed by atoms with E-state index in [2.05, 4.69) is 23.3 Å². The lowest BCUT2D eigenvalue weighted by Crippen LogP contribution is -2.06. The summed E-state index contributed by atoms with van der Waals surface area (Å²) in [6, 6.07) is 16.1. The Hall–Kier alpha value is -2.26. The molecule has 3 nitrogen and oxygen atoms in total. The molecule has 0 saturated carbocycles. The van der Waals surface area contributed by atoms with Crippen LogP contribution in [0.3, 0.4) is 0 Å². The van der Waals surface area contributed by atoms with Gasteiger partial charge in [-0.15, -0.1) is 0 Å². The Labute approximate surface area is 128 Å².